The average molecular weight is 275 g/mol. The number of carbonyl (C=O) groups excluding carboxylic acids is 1. The van der Waals surface area contributed by atoms with E-state index in [1.807, 2.05) is 20.8 Å². The average Bonchev–Trinajstić information content (AvgIpc) is 2.78. The van der Waals surface area contributed by atoms with Gasteiger partial charge in [0.05, 0.1) is 18.8 Å². The molecular weight excluding hydrogens is 258 g/mol. The molecule has 0 bridgehead atoms. The van der Waals surface area contributed by atoms with Gasteiger partial charge in [0, 0.05) is 11.8 Å². The van der Waals surface area contributed by atoms with Gasteiger partial charge in [0.25, 0.3) is 0 Å². The number of carbonyl (C=O) groups is 1. The molecule has 0 saturated carbocycles. The lowest BCUT2D eigenvalue weighted by Crippen LogP contribution is -2.14. The van der Waals surface area contributed by atoms with Crippen LogP contribution >= 0.6 is 0 Å². The van der Waals surface area contributed by atoms with Crippen LogP contribution in [0.4, 0.5) is 5.82 Å². The summed E-state index contributed by atoms with van der Waals surface area (Å²) in [7, 11) is 1.34. The smallest absolute Gasteiger partial charge is 0.341 e. The Bertz CT molecular complexity index is 602. The summed E-state index contributed by atoms with van der Waals surface area (Å²) >= 11 is 0. The third-order valence-corrected chi connectivity index (χ3v) is 3.09. The molecule has 1 unspecified atom stereocenters. The van der Waals surface area contributed by atoms with Gasteiger partial charge in [-0.3, -0.25) is 0 Å². The van der Waals surface area contributed by atoms with Crippen LogP contribution < -0.4 is 5.32 Å². The molecule has 1 N–H and O–H groups in total. The van der Waals surface area contributed by atoms with Gasteiger partial charge in [-0.2, -0.15) is 0 Å². The molecule has 2 aromatic rings. The number of esters is 1. The van der Waals surface area contributed by atoms with Gasteiger partial charge in [-0.05, 0) is 32.9 Å². The molecule has 2 rings (SSSR count). The van der Waals surface area contributed by atoms with E-state index in [1.54, 1.807) is 18.3 Å². The molecule has 6 nitrogen and oxygen atoms in total. The minimum atomic E-state index is -0.424. The van der Waals surface area contributed by atoms with Gasteiger partial charge < -0.3 is 14.6 Å². The van der Waals surface area contributed by atoms with Crippen molar-refractivity contribution in [1.29, 1.82) is 0 Å². The summed E-state index contributed by atoms with van der Waals surface area (Å²) in [5, 5.41) is 7.12. The van der Waals surface area contributed by atoms with Crippen molar-refractivity contribution >= 4 is 11.8 Å². The minimum absolute atomic E-state index is 0.0837. The fourth-order valence-electron chi connectivity index (χ4n) is 2.18. The molecule has 2 heterocycles. The summed E-state index contributed by atoms with van der Waals surface area (Å²) in [5.74, 6) is 0.802. The zero-order valence-electron chi connectivity index (χ0n) is 11.9. The lowest BCUT2D eigenvalue weighted by atomic mass is 10.1. The first-order valence-corrected chi connectivity index (χ1v) is 6.27. The van der Waals surface area contributed by atoms with Gasteiger partial charge in [-0.15, -0.1) is 0 Å². The normalized spacial score (nSPS) is 12.0. The van der Waals surface area contributed by atoms with Crippen LogP contribution in [0.5, 0.6) is 0 Å². The number of hydrogen-bond acceptors (Lipinski definition) is 6. The predicted octanol–water partition coefficient (Wildman–Crippen LogP) is 2.65. The van der Waals surface area contributed by atoms with E-state index in [2.05, 4.69) is 15.5 Å². The summed E-state index contributed by atoms with van der Waals surface area (Å²) in [5.41, 5.74) is 2.18. The third kappa shape index (κ3) is 2.64. The Hall–Kier alpha value is -2.37. The predicted molar refractivity (Wildman–Crippen MR) is 73.6 cm³/mol. The molecule has 0 amide bonds. The maximum Gasteiger partial charge on any atom is 0.341 e. The van der Waals surface area contributed by atoms with Gasteiger partial charge in [0.15, 0.2) is 0 Å². The van der Waals surface area contributed by atoms with E-state index >= 15 is 0 Å². The van der Waals surface area contributed by atoms with E-state index in [0.717, 1.165) is 17.0 Å². The molecule has 0 saturated heterocycles. The highest BCUT2D eigenvalue weighted by Gasteiger charge is 2.19. The van der Waals surface area contributed by atoms with Crippen molar-refractivity contribution in [2.75, 3.05) is 12.4 Å². The van der Waals surface area contributed by atoms with Crippen molar-refractivity contribution in [1.82, 2.24) is 10.1 Å². The van der Waals surface area contributed by atoms with Crippen LogP contribution in [0.2, 0.25) is 0 Å². The Morgan fingerprint density at radius 3 is 2.80 bits per heavy atom. The molecule has 1 atom stereocenters. The molecule has 0 fully saturated rings. The van der Waals surface area contributed by atoms with Crippen LogP contribution in [0, 0.1) is 13.8 Å². The number of nitrogens with one attached hydrogen (secondary N) is 1. The highest BCUT2D eigenvalue weighted by atomic mass is 16.5. The topological polar surface area (TPSA) is 77.2 Å². The fraction of sp³-hybridized carbons (Fsp3) is 0.357. The Morgan fingerprint density at radius 1 is 1.45 bits per heavy atom. The van der Waals surface area contributed by atoms with Crippen molar-refractivity contribution in [3.8, 4) is 0 Å². The van der Waals surface area contributed by atoms with E-state index in [-0.39, 0.29) is 6.04 Å². The summed E-state index contributed by atoms with van der Waals surface area (Å²) in [6, 6.07) is 3.28. The number of rotatable bonds is 4. The molecule has 0 aliphatic rings. The molecule has 0 aromatic carbocycles. The molecule has 0 radical (unpaired) electrons. The quantitative estimate of drug-likeness (QED) is 0.864. The van der Waals surface area contributed by atoms with Crippen LogP contribution in [0.15, 0.2) is 22.9 Å². The Kier molecular flexibility index (Phi) is 4.02. The van der Waals surface area contributed by atoms with Crippen LogP contribution in [-0.4, -0.2) is 23.2 Å². The van der Waals surface area contributed by atoms with Crippen molar-refractivity contribution < 1.29 is 14.1 Å². The monoisotopic (exact) mass is 275 g/mol. The van der Waals surface area contributed by atoms with Crippen molar-refractivity contribution in [3.05, 3.63) is 40.9 Å². The number of nitrogens with zero attached hydrogens (tertiary/aromatic N) is 2. The highest BCUT2D eigenvalue weighted by Crippen LogP contribution is 2.25. The first-order valence-electron chi connectivity index (χ1n) is 6.27. The maximum atomic E-state index is 11.7. The Morgan fingerprint density at radius 2 is 2.20 bits per heavy atom. The number of ether oxygens (including phenoxy) is 1. The zero-order chi connectivity index (χ0) is 14.7. The fourth-order valence-corrected chi connectivity index (χ4v) is 2.18. The van der Waals surface area contributed by atoms with Crippen molar-refractivity contribution in [2.45, 2.75) is 26.8 Å². The van der Waals surface area contributed by atoms with Crippen molar-refractivity contribution in [3.63, 3.8) is 0 Å². The van der Waals surface area contributed by atoms with Gasteiger partial charge >= 0.3 is 5.97 Å². The van der Waals surface area contributed by atoms with Crippen LogP contribution in [0.1, 0.15) is 40.3 Å². The maximum absolute atomic E-state index is 11.7. The van der Waals surface area contributed by atoms with Gasteiger partial charge in [-0.25, -0.2) is 9.78 Å². The summed E-state index contributed by atoms with van der Waals surface area (Å²) < 4.78 is 9.90. The number of pyridine rings is 1. The number of methoxy groups -OCH3 is 1. The van der Waals surface area contributed by atoms with E-state index in [0.29, 0.717) is 11.4 Å². The molecule has 20 heavy (non-hydrogen) atoms. The first kappa shape index (κ1) is 14.0. The molecule has 0 aliphatic carbocycles. The lowest BCUT2D eigenvalue weighted by Gasteiger charge is -2.16. The summed E-state index contributed by atoms with van der Waals surface area (Å²) in [4.78, 5) is 15.9. The minimum Gasteiger partial charge on any atom is -0.465 e. The number of aryl methyl sites for hydroxylation is 2. The largest absolute Gasteiger partial charge is 0.465 e. The van der Waals surface area contributed by atoms with E-state index in [9.17, 15) is 4.79 Å². The SMILES string of the molecule is COC(=O)c1cccnc1NC(C)c1c(C)noc1C. The summed E-state index contributed by atoms with van der Waals surface area (Å²) in [6.45, 7) is 5.69. The lowest BCUT2D eigenvalue weighted by molar-refractivity contribution is 0.0601. The van der Waals surface area contributed by atoms with Gasteiger partial charge in [0.2, 0.25) is 0 Å². The van der Waals surface area contributed by atoms with E-state index < -0.39 is 5.97 Å². The van der Waals surface area contributed by atoms with Gasteiger partial charge in [-0.1, -0.05) is 5.16 Å². The zero-order valence-corrected chi connectivity index (χ0v) is 11.9. The first-order chi connectivity index (χ1) is 9.54. The van der Waals surface area contributed by atoms with E-state index in [1.165, 1.54) is 7.11 Å². The molecular formula is C14H17N3O3. The molecule has 0 spiro atoms. The van der Waals surface area contributed by atoms with Crippen LogP contribution in [0.3, 0.4) is 0 Å². The summed E-state index contributed by atoms with van der Waals surface area (Å²) in [6.07, 6.45) is 1.62. The second-order valence-corrected chi connectivity index (χ2v) is 4.50. The third-order valence-electron chi connectivity index (χ3n) is 3.09. The second-order valence-electron chi connectivity index (χ2n) is 4.50. The number of anilines is 1. The van der Waals surface area contributed by atoms with Crippen LogP contribution in [-0.2, 0) is 4.74 Å². The number of aromatic nitrogens is 2. The highest BCUT2D eigenvalue weighted by molar-refractivity contribution is 5.94. The molecule has 0 aliphatic heterocycles. The second kappa shape index (κ2) is 5.73. The Labute approximate surface area is 117 Å². The number of hydrogen-bond donors (Lipinski definition) is 1. The van der Waals surface area contributed by atoms with Gasteiger partial charge in [0.1, 0.15) is 17.1 Å². The van der Waals surface area contributed by atoms with E-state index in [4.69, 9.17) is 9.26 Å². The van der Waals surface area contributed by atoms with Crippen molar-refractivity contribution in [2.24, 2.45) is 0 Å². The molecule has 2 aromatic heterocycles. The Balaban J connectivity index is 2.29. The molecule has 6 heteroatoms. The van der Waals surface area contributed by atoms with Crippen LogP contribution in [0.25, 0.3) is 0 Å². The standard InChI is InChI=1S/C14H17N3O3/c1-8(12-9(2)17-20-10(12)3)16-13-11(14(18)19-4)6-5-7-15-13/h5-8H,1-4H3,(H,15,16). The molecule has 106 valence electrons.